The first-order chi connectivity index (χ1) is 26.8. The third-order valence-electron chi connectivity index (χ3n) is 11.1. The second kappa shape index (κ2) is 12.2. The quantitative estimate of drug-likeness (QED) is 0.158. The molecule has 0 bridgehead atoms. The van der Waals surface area contributed by atoms with E-state index < -0.39 is 0 Å². The van der Waals surface area contributed by atoms with Crippen molar-refractivity contribution < 1.29 is 0 Å². The first-order valence-electron chi connectivity index (χ1n) is 18.6. The number of rotatable bonds is 6. The molecule has 0 spiro atoms. The van der Waals surface area contributed by atoms with Crippen molar-refractivity contribution in [2.45, 2.75) is 0 Å². The summed E-state index contributed by atoms with van der Waals surface area (Å²) in [6.45, 7) is 0. The molecule has 0 radical (unpaired) electrons. The molecular formula is C52H34N2. The Labute approximate surface area is 313 Å². The van der Waals surface area contributed by atoms with Crippen molar-refractivity contribution in [1.29, 1.82) is 0 Å². The van der Waals surface area contributed by atoms with Crippen LogP contribution in [-0.2, 0) is 0 Å². The smallest absolute Gasteiger partial charge is 0.0562 e. The average molecular weight is 687 g/mol. The fraction of sp³-hybridized carbons (Fsp3) is 0. The van der Waals surface area contributed by atoms with Crippen molar-refractivity contribution in [3.8, 4) is 27.9 Å². The van der Waals surface area contributed by atoms with Crippen LogP contribution in [0.15, 0.2) is 206 Å². The summed E-state index contributed by atoms with van der Waals surface area (Å²) in [4.78, 5) is 2.45. The molecule has 0 fully saturated rings. The molecule has 0 N–H and O–H groups in total. The molecule has 54 heavy (non-hydrogen) atoms. The molecule has 0 amide bonds. The normalized spacial score (nSPS) is 11.7. The summed E-state index contributed by atoms with van der Waals surface area (Å²) in [5.41, 5.74) is 11.7. The van der Waals surface area contributed by atoms with Crippen molar-refractivity contribution >= 4 is 71.2 Å². The van der Waals surface area contributed by atoms with Gasteiger partial charge < -0.3 is 9.47 Å². The highest BCUT2D eigenvalue weighted by Crippen LogP contribution is 2.46. The molecule has 11 aromatic rings. The zero-order valence-electron chi connectivity index (χ0n) is 29.5. The largest absolute Gasteiger partial charge is 0.310 e. The number of nitrogens with zero attached hydrogens (tertiary/aromatic N) is 2. The van der Waals surface area contributed by atoms with Gasteiger partial charge in [0.1, 0.15) is 0 Å². The van der Waals surface area contributed by atoms with E-state index in [-0.39, 0.29) is 0 Å². The van der Waals surface area contributed by atoms with Crippen molar-refractivity contribution in [1.82, 2.24) is 4.57 Å². The van der Waals surface area contributed by atoms with Crippen LogP contribution in [0.2, 0.25) is 0 Å². The highest BCUT2D eigenvalue weighted by molar-refractivity contribution is 6.26. The zero-order valence-corrected chi connectivity index (χ0v) is 29.5. The van der Waals surface area contributed by atoms with E-state index in [1.54, 1.807) is 0 Å². The third-order valence-corrected chi connectivity index (χ3v) is 11.1. The predicted octanol–water partition coefficient (Wildman–Crippen LogP) is 14.5. The van der Waals surface area contributed by atoms with E-state index in [1.807, 2.05) is 0 Å². The molecule has 0 unspecified atom stereocenters. The number of benzene rings is 10. The summed E-state index contributed by atoms with van der Waals surface area (Å²) in [7, 11) is 0. The van der Waals surface area contributed by atoms with E-state index in [2.05, 4.69) is 216 Å². The third kappa shape index (κ3) is 4.74. The molecule has 11 rings (SSSR count). The summed E-state index contributed by atoms with van der Waals surface area (Å²) < 4.78 is 2.43. The van der Waals surface area contributed by atoms with Gasteiger partial charge in [-0.15, -0.1) is 0 Å². The summed E-state index contributed by atoms with van der Waals surface area (Å²) in [5.74, 6) is 0. The van der Waals surface area contributed by atoms with Gasteiger partial charge in [-0.25, -0.2) is 0 Å². The van der Waals surface area contributed by atoms with E-state index in [0.717, 1.165) is 22.7 Å². The fourth-order valence-electron chi connectivity index (χ4n) is 8.68. The summed E-state index contributed by atoms with van der Waals surface area (Å²) in [5, 5.41) is 10.1. The molecule has 1 aromatic heterocycles. The lowest BCUT2D eigenvalue weighted by Crippen LogP contribution is -2.11. The van der Waals surface area contributed by atoms with Crippen molar-refractivity contribution in [3.63, 3.8) is 0 Å². The second-order valence-corrected chi connectivity index (χ2v) is 14.1. The summed E-state index contributed by atoms with van der Waals surface area (Å²) in [6.07, 6.45) is 0. The molecular weight excluding hydrogens is 653 g/mol. The molecule has 10 aromatic carbocycles. The fourth-order valence-corrected chi connectivity index (χ4v) is 8.68. The van der Waals surface area contributed by atoms with Gasteiger partial charge in [0.05, 0.1) is 16.7 Å². The first-order valence-corrected chi connectivity index (χ1v) is 18.6. The van der Waals surface area contributed by atoms with Crippen LogP contribution in [-0.4, -0.2) is 4.57 Å². The van der Waals surface area contributed by atoms with Gasteiger partial charge in [0, 0.05) is 33.2 Å². The van der Waals surface area contributed by atoms with E-state index in [1.165, 1.54) is 76.4 Å². The molecule has 2 nitrogen and oxygen atoms in total. The van der Waals surface area contributed by atoms with Gasteiger partial charge in [-0.3, -0.25) is 0 Å². The molecule has 0 aliphatic heterocycles. The number of hydrogen-bond donors (Lipinski definition) is 0. The van der Waals surface area contributed by atoms with Gasteiger partial charge in [0.25, 0.3) is 0 Å². The SMILES string of the molecule is c1ccc(-c2ccc(N(c3ccc4c5c(-c6ccccc6)cccc5n(-c5ccccc5)c4c3)c3ccc4ccc5cccc6ccc3c4c56)cc2)cc1. The standard InChI is InChI=1S/C52H34N2/c1-4-12-35(13-5-1)36-24-28-42(29-25-36)53(47-33-27-40-23-22-38-16-10-17-39-26-31-45(47)51(40)50(38)39)43-30-32-46-49(34-43)54(41-18-8-3-9-19-41)48-21-11-20-44(52(46)48)37-14-6-2-7-15-37/h1-34H. The van der Waals surface area contributed by atoms with Crippen LogP contribution >= 0.6 is 0 Å². The van der Waals surface area contributed by atoms with Crippen LogP contribution in [0.4, 0.5) is 17.1 Å². The van der Waals surface area contributed by atoms with E-state index >= 15 is 0 Å². The summed E-state index contributed by atoms with van der Waals surface area (Å²) in [6, 6.07) is 75.3. The number of fused-ring (bicyclic) bond motifs is 3. The highest BCUT2D eigenvalue weighted by Gasteiger charge is 2.22. The Bertz CT molecular complexity index is 3110. The number of hydrogen-bond acceptors (Lipinski definition) is 1. The van der Waals surface area contributed by atoms with Crippen molar-refractivity contribution in [3.05, 3.63) is 206 Å². The van der Waals surface area contributed by atoms with Crippen molar-refractivity contribution in [2.75, 3.05) is 4.90 Å². The Morgan fingerprint density at radius 3 is 1.65 bits per heavy atom. The van der Waals surface area contributed by atoms with E-state index in [0.29, 0.717) is 0 Å². The van der Waals surface area contributed by atoms with Crippen LogP contribution < -0.4 is 4.90 Å². The minimum atomic E-state index is 1.10. The number of anilines is 3. The Hall–Kier alpha value is -7.16. The zero-order chi connectivity index (χ0) is 35.6. The Morgan fingerprint density at radius 2 is 0.907 bits per heavy atom. The molecule has 0 saturated carbocycles. The number of aromatic nitrogens is 1. The maximum absolute atomic E-state index is 2.45. The topological polar surface area (TPSA) is 8.17 Å². The second-order valence-electron chi connectivity index (χ2n) is 14.1. The van der Waals surface area contributed by atoms with E-state index in [4.69, 9.17) is 0 Å². The predicted molar refractivity (Wildman–Crippen MR) is 230 cm³/mol. The van der Waals surface area contributed by atoms with Crippen LogP contribution in [0, 0.1) is 0 Å². The van der Waals surface area contributed by atoms with Crippen LogP contribution in [0.5, 0.6) is 0 Å². The van der Waals surface area contributed by atoms with Gasteiger partial charge in [-0.2, -0.15) is 0 Å². The monoisotopic (exact) mass is 686 g/mol. The number of para-hydroxylation sites is 1. The summed E-state index contributed by atoms with van der Waals surface area (Å²) >= 11 is 0. The maximum Gasteiger partial charge on any atom is 0.0562 e. The molecule has 0 aliphatic rings. The van der Waals surface area contributed by atoms with E-state index in [9.17, 15) is 0 Å². The molecule has 0 saturated heterocycles. The van der Waals surface area contributed by atoms with Crippen molar-refractivity contribution in [2.24, 2.45) is 0 Å². The lowest BCUT2D eigenvalue weighted by molar-refractivity contribution is 1.18. The minimum absolute atomic E-state index is 1.10. The maximum atomic E-state index is 2.45. The van der Waals surface area contributed by atoms with Gasteiger partial charge in [-0.1, -0.05) is 158 Å². The minimum Gasteiger partial charge on any atom is -0.310 e. The first kappa shape index (κ1) is 30.5. The lowest BCUT2D eigenvalue weighted by Gasteiger charge is -2.28. The Balaban J connectivity index is 1.20. The highest BCUT2D eigenvalue weighted by atomic mass is 15.1. The molecule has 2 heteroatoms. The van der Waals surface area contributed by atoms with Crippen LogP contribution in [0.1, 0.15) is 0 Å². The van der Waals surface area contributed by atoms with Crippen LogP contribution in [0.3, 0.4) is 0 Å². The van der Waals surface area contributed by atoms with Gasteiger partial charge in [0.2, 0.25) is 0 Å². The Morgan fingerprint density at radius 1 is 0.333 bits per heavy atom. The molecule has 0 atom stereocenters. The molecule has 0 aliphatic carbocycles. The van der Waals surface area contributed by atoms with Gasteiger partial charge >= 0.3 is 0 Å². The average Bonchev–Trinajstić information content (AvgIpc) is 3.58. The van der Waals surface area contributed by atoms with Gasteiger partial charge in [-0.05, 0) is 97.7 Å². The molecule has 252 valence electrons. The van der Waals surface area contributed by atoms with Crippen LogP contribution in [0.25, 0.3) is 82.1 Å². The van der Waals surface area contributed by atoms with Gasteiger partial charge in [0.15, 0.2) is 0 Å². The lowest BCUT2D eigenvalue weighted by atomic mass is 9.93. The Kier molecular flexibility index (Phi) is 6.90. The molecule has 1 heterocycles.